The Bertz CT molecular complexity index is 805. The molecule has 1 aromatic heterocycles. The predicted molar refractivity (Wildman–Crippen MR) is 71.1 cm³/mol. The van der Waals surface area contributed by atoms with E-state index in [1.807, 2.05) is 24.3 Å². The van der Waals surface area contributed by atoms with Crippen LogP contribution in [0.5, 0.6) is 23.0 Å². The number of ether oxygens (including phenoxy) is 2. The van der Waals surface area contributed by atoms with Crippen molar-refractivity contribution in [2.24, 2.45) is 0 Å². The van der Waals surface area contributed by atoms with Gasteiger partial charge in [-0.25, -0.2) is 9.97 Å². The van der Waals surface area contributed by atoms with E-state index in [1.165, 1.54) is 6.33 Å². The zero-order chi connectivity index (χ0) is 12.8. The van der Waals surface area contributed by atoms with Gasteiger partial charge in [-0.1, -0.05) is 23.7 Å². The van der Waals surface area contributed by atoms with Crippen LogP contribution in [0.2, 0.25) is 5.15 Å². The van der Waals surface area contributed by atoms with Crippen molar-refractivity contribution in [3.8, 4) is 23.0 Å². The Morgan fingerprint density at radius 1 is 0.842 bits per heavy atom. The summed E-state index contributed by atoms with van der Waals surface area (Å²) in [5.74, 6) is 2.61. The van der Waals surface area contributed by atoms with Gasteiger partial charge in [0, 0.05) is 11.5 Å². The fourth-order valence-electron chi connectivity index (χ4n) is 2.05. The summed E-state index contributed by atoms with van der Waals surface area (Å²) in [5, 5.41) is 1.14. The second-order valence-electron chi connectivity index (χ2n) is 4.13. The van der Waals surface area contributed by atoms with E-state index < -0.39 is 0 Å². The highest BCUT2D eigenvalue weighted by molar-refractivity contribution is 6.34. The molecule has 0 aliphatic carbocycles. The van der Waals surface area contributed by atoms with Crippen LogP contribution in [0.3, 0.4) is 0 Å². The highest BCUT2D eigenvalue weighted by Gasteiger charge is 2.19. The fourth-order valence-corrected chi connectivity index (χ4v) is 2.24. The van der Waals surface area contributed by atoms with Crippen molar-refractivity contribution in [2.75, 3.05) is 0 Å². The third-order valence-electron chi connectivity index (χ3n) is 2.94. The Kier molecular flexibility index (Phi) is 2.13. The summed E-state index contributed by atoms with van der Waals surface area (Å²) in [6.07, 6.45) is 1.43. The summed E-state index contributed by atoms with van der Waals surface area (Å²) in [4.78, 5) is 8.13. The lowest BCUT2D eigenvalue weighted by molar-refractivity contribution is 0.360. The molecule has 0 bridgehead atoms. The van der Waals surface area contributed by atoms with Gasteiger partial charge < -0.3 is 9.47 Å². The van der Waals surface area contributed by atoms with Crippen LogP contribution in [0.4, 0.5) is 0 Å². The molecule has 4 rings (SSSR count). The largest absolute Gasteiger partial charge is 0.449 e. The summed E-state index contributed by atoms with van der Waals surface area (Å²) in [7, 11) is 0. The Hall–Kier alpha value is -2.33. The van der Waals surface area contributed by atoms with Crippen LogP contribution in [0.1, 0.15) is 0 Å². The van der Waals surface area contributed by atoms with Gasteiger partial charge in [-0.05, 0) is 18.2 Å². The van der Waals surface area contributed by atoms with Gasteiger partial charge >= 0.3 is 0 Å². The van der Waals surface area contributed by atoms with Crippen LogP contribution in [-0.2, 0) is 0 Å². The summed E-state index contributed by atoms with van der Waals surface area (Å²) < 4.78 is 11.6. The third kappa shape index (κ3) is 1.61. The van der Waals surface area contributed by atoms with Gasteiger partial charge in [-0.3, -0.25) is 0 Å². The quantitative estimate of drug-likeness (QED) is 0.450. The third-order valence-corrected chi connectivity index (χ3v) is 3.24. The molecule has 3 aromatic rings. The standard InChI is InChI=1S/C14H7ClN2O2/c15-14-8-5-12-13(6-9(8)16-7-17-14)19-11-4-2-1-3-10(11)18-12/h1-7H. The van der Waals surface area contributed by atoms with Gasteiger partial charge in [0.05, 0.1) is 5.52 Å². The van der Waals surface area contributed by atoms with Crippen LogP contribution in [-0.4, -0.2) is 9.97 Å². The average Bonchev–Trinajstić information content (AvgIpc) is 2.44. The fraction of sp³-hybridized carbons (Fsp3) is 0. The van der Waals surface area contributed by atoms with E-state index in [4.69, 9.17) is 21.1 Å². The Labute approximate surface area is 113 Å². The summed E-state index contributed by atoms with van der Waals surface area (Å²) in [5.41, 5.74) is 0.724. The molecule has 19 heavy (non-hydrogen) atoms. The van der Waals surface area contributed by atoms with Crippen molar-refractivity contribution in [1.29, 1.82) is 0 Å². The Morgan fingerprint density at radius 2 is 1.53 bits per heavy atom. The van der Waals surface area contributed by atoms with Crippen LogP contribution < -0.4 is 9.47 Å². The van der Waals surface area contributed by atoms with E-state index >= 15 is 0 Å². The van der Waals surface area contributed by atoms with Gasteiger partial charge in [-0.2, -0.15) is 0 Å². The summed E-state index contributed by atoms with van der Waals surface area (Å²) in [6.45, 7) is 0. The molecule has 0 radical (unpaired) electrons. The van der Waals surface area contributed by atoms with Crippen molar-refractivity contribution in [3.05, 3.63) is 47.9 Å². The number of rotatable bonds is 0. The minimum atomic E-state index is 0.398. The molecule has 0 amide bonds. The number of halogens is 1. The normalized spacial score (nSPS) is 12.3. The van der Waals surface area contributed by atoms with Crippen LogP contribution in [0, 0.1) is 0 Å². The number of benzene rings is 2. The number of fused-ring (bicyclic) bond motifs is 3. The van der Waals surface area contributed by atoms with E-state index in [1.54, 1.807) is 12.1 Å². The molecule has 2 heterocycles. The first-order chi connectivity index (χ1) is 9.31. The minimum Gasteiger partial charge on any atom is -0.449 e. The molecule has 92 valence electrons. The van der Waals surface area contributed by atoms with Crippen molar-refractivity contribution in [1.82, 2.24) is 9.97 Å². The lowest BCUT2D eigenvalue weighted by Gasteiger charge is -2.20. The highest BCUT2D eigenvalue weighted by atomic mass is 35.5. The second-order valence-corrected chi connectivity index (χ2v) is 4.49. The molecule has 0 spiro atoms. The topological polar surface area (TPSA) is 44.2 Å². The number of para-hydroxylation sites is 2. The summed E-state index contributed by atoms with van der Waals surface area (Å²) >= 11 is 6.05. The van der Waals surface area contributed by atoms with Crippen molar-refractivity contribution in [2.45, 2.75) is 0 Å². The molecule has 4 nitrogen and oxygen atoms in total. The molecular formula is C14H7ClN2O2. The highest BCUT2D eigenvalue weighted by Crippen LogP contribution is 2.46. The molecule has 2 aromatic carbocycles. The van der Waals surface area contributed by atoms with Crippen LogP contribution in [0.15, 0.2) is 42.7 Å². The monoisotopic (exact) mass is 270 g/mol. The zero-order valence-corrected chi connectivity index (χ0v) is 10.4. The van der Waals surface area contributed by atoms with Gasteiger partial charge in [0.2, 0.25) is 0 Å². The maximum atomic E-state index is 6.05. The van der Waals surface area contributed by atoms with Gasteiger partial charge in [0.1, 0.15) is 11.5 Å². The molecule has 0 saturated heterocycles. The Balaban J connectivity index is 1.94. The number of aromatic nitrogens is 2. The maximum Gasteiger partial charge on any atom is 0.172 e. The van der Waals surface area contributed by atoms with E-state index in [9.17, 15) is 0 Å². The minimum absolute atomic E-state index is 0.398. The maximum absolute atomic E-state index is 6.05. The molecule has 0 unspecified atom stereocenters. The van der Waals surface area contributed by atoms with Crippen molar-refractivity contribution >= 4 is 22.5 Å². The SMILES string of the molecule is Clc1ncnc2cc3c(cc12)Oc1ccccc1O3. The molecule has 0 saturated carbocycles. The van der Waals surface area contributed by atoms with E-state index in [0.29, 0.717) is 28.2 Å². The second kappa shape index (κ2) is 3.83. The van der Waals surface area contributed by atoms with Crippen LogP contribution >= 0.6 is 11.6 Å². The number of nitrogens with zero attached hydrogens (tertiary/aromatic N) is 2. The molecular weight excluding hydrogens is 264 g/mol. The van der Waals surface area contributed by atoms with Gasteiger partial charge in [0.25, 0.3) is 0 Å². The van der Waals surface area contributed by atoms with E-state index in [2.05, 4.69) is 9.97 Å². The zero-order valence-electron chi connectivity index (χ0n) is 9.63. The van der Waals surface area contributed by atoms with Gasteiger partial charge in [0.15, 0.2) is 23.0 Å². The molecule has 0 N–H and O–H groups in total. The number of hydrogen-bond donors (Lipinski definition) is 0. The molecule has 0 atom stereocenters. The lowest BCUT2D eigenvalue weighted by Crippen LogP contribution is -1.99. The van der Waals surface area contributed by atoms with Crippen molar-refractivity contribution in [3.63, 3.8) is 0 Å². The molecule has 1 aliphatic heterocycles. The smallest absolute Gasteiger partial charge is 0.172 e. The predicted octanol–water partition coefficient (Wildman–Crippen LogP) is 4.18. The molecule has 0 fully saturated rings. The molecule has 5 heteroatoms. The molecule has 1 aliphatic rings. The van der Waals surface area contributed by atoms with Crippen molar-refractivity contribution < 1.29 is 9.47 Å². The lowest BCUT2D eigenvalue weighted by atomic mass is 10.2. The average molecular weight is 271 g/mol. The Morgan fingerprint density at radius 3 is 2.26 bits per heavy atom. The van der Waals surface area contributed by atoms with E-state index in [-0.39, 0.29) is 0 Å². The van der Waals surface area contributed by atoms with Gasteiger partial charge in [-0.15, -0.1) is 0 Å². The number of hydrogen-bond acceptors (Lipinski definition) is 4. The summed E-state index contributed by atoms with van der Waals surface area (Å²) in [6, 6.07) is 11.1. The first kappa shape index (κ1) is 10.6. The first-order valence-electron chi connectivity index (χ1n) is 5.70. The first-order valence-corrected chi connectivity index (χ1v) is 6.08. The van der Waals surface area contributed by atoms with E-state index in [0.717, 1.165) is 10.9 Å². The van der Waals surface area contributed by atoms with Crippen LogP contribution in [0.25, 0.3) is 10.9 Å².